The lowest BCUT2D eigenvalue weighted by Crippen LogP contribution is -2.57. The zero-order valence-corrected chi connectivity index (χ0v) is 13.1. The molecule has 0 spiro atoms. The third-order valence-electron chi connectivity index (χ3n) is 3.38. The fraction of sp³-hybridized carbons (Fsp3) is 0.714. The molecular formula is C14H24N2O2S. The second kappa shape index (κ2) is 6.89. The largest absolute Gasteiger partial charge is 0.463 e. The van der Waals surface area contributed by atoms with E-state index in [9.17, 15) is 4.79 Å². The maximum atomic E-state index is 12.2. The lowest BCUT2D eigenvalue weighted by Gasteiger charge is -2.38. The topological polar surface area (TPSA) is 50.4 Å². The molecule has 2 N–H and O–H groups in total. The number of unbranched alkanes of at least 4 members (excludes halogenated alkanes) is 2. The molecule has 108 valence electrons. The van der Waals surface area contributed by atoms with Crippen molar-refractivity contribution < 1.29 is 9.53 Å². The molecule has 1 rings (SSSR count). The predicted octanol–water partition coefficient (Wildman–Crippen LogP) is 2.64. The standard InChI is InChI=1S/C14H24N2O2S/c1-5-7-8-9-14(4)11(12(17)18-6-2)10(3)15-13(19)16-14/h5-9H2,1-4H3,(H2,15,16,19). The SMILES string of the molecule is CCCCCC1(C)NC(=S)NC(C)=C1C(=O)OCC. The number of nitrogens with one attached hydrogen (secondary N) is 2. The van der Waals surface area contributed by atoms with Crippen LogP contribution < -0.4 is 10.6 Å². The van der Waals surface area contributed by atoms with Crippen molar-refractivity contribution in [2.45, 2.75) is 58.9 Å². The van der Waals surface area contributed by atoms with Gasteiger partial charge in [0.15, 0.2) is 5.11 Å². The first-order valence-corrected chi connectivity index (χ1v) is 7.33. The van der Waals surface area contributed by atoms with Gasteiger partial charge in [-0.25, -0.2) is 4.79 Å². The molecule has 1 aliphatic heterocycles. The minimum atomic E-state index is -0.437. The molecule has 0 aliphatic carbocycles. The Labute approximate surface area is 121 Å². The fourth-order valence-corrected chi connectivity index (χ4v) is 2.87. The van der Waals surface area contributed by atoms with E-state index in [0.29, 0.717) is 17.3 Å². The molecule has 1 aliphatic rings. The summed E-state index contributed by atoms with van der Waals surface area (Å²) in [5, 5.41) is 6.82. The number of esters is 1. The molecule has 0 fully saturated rings. The quantitative estimate of drug-likeness (QED) is 0.446. The van der Waals surface area contributed by atoms with Crippen molar-refractivity contribution in [1.29, 1.82) is 0 Å². The number of carbonyl (C=O) groups is 1. The number of rotatable bonds is 6. The molecule has 0 aromatic heterocycles. The summed E-state index contributed by atoms with van der Waals surface area (Å²) in [6, 6.07) is 0. The van der Waals surface area contributed by atoms with E-state index >= 15 is 0 Å². The summed E-state index contributed by atoms with van der Waals surface area (Å²) in [6.45, 7) is 8.25. The van der Waals surface area contributed by atoms with E-state index in [1.165, 1.54) is 0 Å². The monoisotopic (exact) mass is 284 g/mol. The lowest BCUT2D eigenvalue weighted by molar-refractivity contribution is -0.139. The van der Waals surface area contributed by atoms with E-state index in [4.69, 9.17) is 17.0 Å². The highest BCUT2D eigenvalue weighted by molar-refractivity contribution is 7.80. The maximum absolute atomic E-state index is 12.2. The van der Waals surface area contributed by atoms with Gasteiger partial charge in [-0.15, -0.1) is 0 Å². The zero-order chi connectivity index (χ0) is 14.5. The zero-order valence-electron chi connectivity index (χ0n) is 12.3. The Morgan fingerprint density at radius 1 is 1.37 bits per heavy atom. The number of ether oxygens (including phenoxy) is 1. The molecule has 0 saturated heterocycles. The number of hydrogen-bond acceptors (Lipinski definition) is 3. The highest BCUT2D eigenvalue weighted by Crippen LogP contribution is 2.29. The smallest absolute Gasteiger partial charge is 0.338 e. The minimum absolute atomic E-state index is 0.263. The van der Waals surface area contributed by atoms with Crippen LogP contribution in [0.4, 0.5) is 0 Å². The molecule has 4 nitrogen and oxygen atoms in total. The average molecular weight is 284 g/mol. The van der Waals surface area contributed by atoms with Crippen molar-refractivity contribution in [3.8, 4) is 0 Å². The van der Waals surface area contributed by atoms with Crippen LogP contribution in [0, 0.1) is 0 Å². The first-order chi connectivity index (χ1) is 8.94. The summed E-state index contributed by atoms with van der Waals surface area (Å²) in [5.74, 6) is -0.263. The van der Waals surface area contributed by atoms with Crippen LogP contribution in [0.25, 0.3) is 0 Å². The van der Waals surface area contributed by atoms with Crippen molar-refractivity contribution in [2.24, 2.45) is 0 Å². The minimum Gasteiger partial charge on any atom is -0.463 e. The summed E-state index contributed by atoms with van der Waals surface area (Å²) in [7, 11) is 0. The number of allylic oxidation sites excluding steroid dienone is 1. The van der Waals surface area contributed by atoms with E-state index in [1.807, 2.05) is 20.8 Å². The van der Waals surface area contributed by atoms with E-state index in [-0.39, 0.29) is 5.97 Å². The molecule has 0 amide bonds. The molecule has 19 heavy (non-hydrogen) atoms. The van der Waals surface area contributed by atoms with Crippen LogP contribution in [0.2, 0.25) is 0 Å². The van der Waals surface area contributed by atoms with Crippen LogP contribution in [-0.4, -0.2) is 23.2 Å². The van der Waals surface area contributed by atoms with E-state index in [0.717, 1.165) is 31.4 Å². The van der Waals surface area contributed by atoms with Crippen molar-refractivity contribution in [1.82, 2.24) is 10.6 Å². The third-order valence-corrected chi connectivity index (χ3v) is 3.58. The van der Waals surface area contributed by atoms with Gasteiger partial charge in [-0.2, -0.15) is 0 Å². The molecule has 0 bridgehead atoms. The molecule has 1 atom stereocenters. The molecule has 5 heteroatoms. The van der Waals surface area contributed by atoms with E-state index in [1.54, 1.807) is 0 Å². The van der Waals surface area contributed by atoms with Crippen molar-refractivity contribution in [3.05, 3.63) is 11.3 Å². The molecular weight excluding hydrogens is 260 g/mol. The van der Waals surface area contributed by atoms with Gasteiger partial charge in [0.25, 0.3) is 0 Å². The van der Waals surface area contributed by atoms with Crippen LogP contribution in [0.1, 0.15) is 53.4 Å². The molecule has 1 unspecified atom stereocenters. The Hall–Kier alpha value is -1.10. The maximum Gasteiger partial charge on any atom is 0.338 e. The Morgan fingerprint density at radius 2 is 2.05 bits per heavy atom. The second-order valence-electron chi connectivity index (χ2n) is 5.09. The highest BCUT2D eigenvalue weighted by atomic mass is 32.1. The van der Waals surface area contributed by atoms with Gasteiger partial charge in [0.1, 0.15) is 0 Å². The van der Waals surface area contributed by atoms with Crippen LogP contribution in [0.15, 0.2) is 11.3 Å². The summed E-state index contributed by atoms with van der Waals surface area (Å²) in [4.78, 5) is 12.2. The number of thiocarbonyl (C=S) groups is 1. The van der Waals surface area contributed by atoms with Crippen molar-refractivity contribution >= 4 is 23.3 Å². The summed E-state index contributed by atoms with van der Waals surface area (Å²) in [6.07, 6.45) is 4.22. The van der Waals surface area contributed by atoms with Crippen LogP contribution in [0.3, 0.4) is 0 Å². The van der Waals surface area contributed by atoms with Gasteiger partial charge in [0.05, 0.1) is 17.7 Å². The highest BCUT2D eigenvalue weighted by Gasteiger charge is 2.39. The van der Waals surface area contributed by atoms with E-state index < -0.39 is 5.54 Å². The van der Waals surface area contributed by atoms with Crippen molar-refractivity contribution in [3.63, 3.8) is 0 Å². The number of carbonyl (C=O) groups excluding carboxylic acids is 1. The van der Waals surface area contributed by atoms with Crippen LogP contribution >= 0.6 is 12.2 Å². The van der Waals surface area contributed by atoms with Gasteiger partial charge in [-0.05, 0) is 39.4 Å². The lowest BCUT2D eigenvalue weighted by atomic mass is 9.84. The van der Waals surface area contributed by atoms with Gasteiger partial charge in [-0.3, -0.25) is 0 Å². The molecule has 0 aromatic rings. The number of hydrogen-bond donors (Lipinski definition) is 2. The molecule has 0 aromatic carbocycles. The Morgan fingerprint density at radius 3 is 2.63 bits per heavy atom. The molecule has 0 saturated carbocycles. The Kier molecular flexibility index (Phi) is 5.79. The first kappa shape index (κ1) is 16.0. The van der Waals surface area contributed by atoms with Gasteiger partial charge in [-0.1, -0.05) is 26.2 Å². The fourth-order valence-electron chi connectivity index (χ4n) is 2.49. The normalized spacial score (nSPS) is 22.8. The van der Waals surface area contributed by atoms with Gasteiger partial charge < -0.3 is 15.4 Å². The third kappa shape index (κ3) is 3.93. The molecule has 1 heterocycles. The Bertz CT molecular complexity index is 393. The van der Waals surface area contributed by atoms with Crippen molar-refractivity contribution in [2.75, 3.05) is 6.61 Å². The second-order valence-corrected chi connectivity index (χ2v) is 5.50. The van der Waals surface area contributed by atoms with Crippen LogP contribution in [-0.2, 0) is 9.53 Å². The van der Waals surface area contributed by atoms with E-state index in [2.05, 4.69) is 17.6 Å². The summed E-state index contributed by atoms with van der Waals surface area (Å²) in [5.41, 5.74) is 1.02. The summed E-state index contributed by atoms with van der Waals surface area (Å²) < 4.78 is 5.17. The van der Waals surface area contributed by atoms with Gasteiger partial charge in [0.2, 0.25) is 0 Å². The van der Waals surface area contributed by atoms with Gasteiger partial charge in [0, 0.05) is 5.70 Å². The predicted molar refractivity (Wildman–Crippen MR) is 80.7 cm³/mol. The summed E-state index contributed by atoms with van der Waals surface area (Å²) >= 11 is 5.21. The average Bonchev–Trinajstić information content (AvgIpc) is 2.27. The van der Waals surface area contributed by atoms with Crippen LogP contribution in [0.5, 0.6) is 0 Å². The van der Waals surface area contributed by atoms with Gasteiger partial charge >= 0.3 is 5.97 Å². The Balaban J connectivity index is 2.98. The first-order valence-electron chi connectivity index (χ1n) is 6.92. The molecule has 0 radical (unpaired) electrons.